The van der Waals surface area contributed by atoms with Crippen LogP contribution >= 0.6 is 0 Å². The molecule has 70 valence electrons. The summed E-state index contributed by atoms with van der Waals surface area (Å²) >= 11 is 0. The first-order valence-corrected chi connectivity index (χ1v) is 3.47. The second kappa shape index (κ2) is 3.49. The van der Waals surface area contributed by atoms with Gasteiger partial charge in [0, 0.05) is 5.56 Å². The van der Waals surface area contributed by atoms with E-state index in [1.807, 2.05) is 0 Å². The van der Waals surface area contributed by atoms with Crippen molar-refractivity contribution in [2.24, 2.45) is 5.73 Å². The lowest BCUT2D eigenvalue weighted by atomic mass is 10.5. The minimum Gasteiger partial charge on any atom is -0.480 e. The smallest absolute Gasteiger partial charge is 0.317 e. The lowest BCUT2D eigenvalue weighted by molar-refractivity contribution is -0.135. The van der Waals surface area contributed by atoms with Crippen LogP contribution in [0.1, 0.15) is 0 Å². The van der Waals surface area contributed by atoms with E-state index >= 15 is 0 Å². The number of carbonyl (C=O) groups is 1. The zero-order valence-electron chi connectivity index (χ0n) is 6.55. The fourth-order valence-electron chi connectivity index (χ4n) is 0.757. The maximum absolute atomic E-state index is 12.1. The van der Waals surface area contributed by atoms with Gasteiger partial charge >= 0.3 is 5.97 Å². The van der Waals surface area contributed by atoms with Crippen molar-refractivity contribution in [2.75, 3.05) is 6.54 Å². The number of carboxylic acid groups (broad SMARTS) is 1. The highest BCUT2D eigenvalue weighted by molar-refractivity contribution is 5.81. The highest BCUT2D eigenvalue weighted by atomic mass is 19.2. The van der Waals surface area contributed by atoms with E-state index in [-0.39, 0.29) is 6.54 Å². The van der Waals surface area contributed by atoms with Crippen molar-refractivity contribution >= 4 is 5.97 Å². The maximum atomic E-state index is 12.1. The third-order valence-electron chi connectivity index (χ3n) is 1.43. The van der Waals surface area contributed by atoms with E-state index in [1.54, 1.807) is 6.07 Å². The van der Waals surface area contributed by atoms with Crippen LogP contribution in [0.25, 0.3) is 11.1 Å². The quantitative estimate of drug-likeness (QED) is 0.699. The molecule has 0 saturated heterocycles. The average Bonchev–Trinajstić information content (AvgIpc) is 2.78. The van der Waals surface area contributed by atoms with Gasteiger partial charge in [0.25, 0.3) is 0 Å². The van der Waals surface area contributed by atoms with E-state index < -0.39 is 17.6 Å². The Morgan fingerprint density at radius 1 is 1.46 bits per heavy atom. The van der Waals surface area contributed by atoms with Crippen molar-refractivity contribution in [3.8, 4) is 11.1 Å². The summed E-state index contributed by atoms with van der Waals surface area (Å²) in [6, 6.07) is 2.81. The number of halogens is 2. The van der Waals surface area contributed by atoms with E-state index in [2.05, 4.69) is 5.73 Å². The first-order chi connectivity index (χ1) is 6.06. The highest BCUT2D eigenvalue weighted by Crippen LogP contribution is 2.38. The van der Waals surface area contributed by atoms with E-state index in [0.29, 0.717) is 11.1 Å². The standard InChI is InChI=1S/C6H2F2.C2H5NO2/c7-5-2-3-1-4(3)6(5)8;3-1-2(4)5/h1-2H;1,3H2,(H,4,5). The predicted octanol–water partition coefficient (Wildman–Crippen LogP) is 0.975. The Morgan fingerprint density at radius 3 is 2.15 bits per heavy atom. The Balaban J connectivity index is 0.000000149. The number of carboxylic acids is 1. The van der Waals surface area contributed by atoms with Gasteiger partial charge in [-0.25, -0.2) is 8.78 Å². The molecule has 0 atom stereocenters. The summed E-state index contributed by atoms with van der Waals surface area (Å²) in [5.41, 5.74) is 5.73. The summed E-state index contributed by atoms with van der Waals surface area (Å²) in [4.78, 5) is 9.24. The van der Waals surface area contributed by atoms with Gasteiger partial charge in [-0.05, 0) is 17.7 Å². The van der Waals surface area contributed by atoms with Gasteiger partial charge in [-0.15, -0.1) is 0 Å². The molecule has 2 rings (SSSR count). The first kappa shape index (κ1) is 9.60. The fraction of sp³-hybridized carbons (Fsp3) is 0.125. The molecule has 0 heterocycles. The lowest BCUT2D eigenvalue weighted by Gasteiger charge is -1.74. The van der Waals surface area contributed by atoms with Crippen molar-refractivity contribution in [3.63, 3.8) is 0 Å². The SMILES string of the molecule is Fc1cc2cc-2c1F.NCC(=O)O. The topological polar surface area (TPSA) is 63.3 Å². The molecular weight excluding hydrogens is 180 g/mol. The van der Waals surface area contributed by atoms with Crippen LogP contribution < -0.4 is 5.73 Å². The van der Waals surface area contributed by atoms with Crippen LogP contribution in [0.5, 0.6) is 0 Å². The molecule has 0 spiro atoms. The maximum Gasteiger partial charge on any atom is 0.317 e. The molecule has 0 saturated carbocycles. The van der Waals surface area contributed by atoms with Crippen molar-refractivity contribution in [3.05, 3.63) is 23.8 Å². The van der Waals surface area contributed by atoms with Gasteiger partial charge in [-0.2, -0.15) is 0 Å². The minimum absolute atomic E-state index is 0.278. The number of fused-ring (bicyclic) bond motifs is 1. The zero-order chi connectivity index (χ0) is 10.0. The Hall–Kier alpha value is -1.49. The Morgan fingerprint density at radius 2 is 2.00 bits per heavy atom. The molecule has 13 heavy (non-hydrogen) atoms. The Kier molecular flexibility index (Phi) is 2.57. The molecule has 2 aliphatic carbocycles. The third-order valence-corrected chi connectivity index (χ3v) is 1.43. The van der Waals surface area contributed by atoms with Crippen molar-refractivity contribution in [1.29, 1.82) is 0 Å². The molecule has 3 nitrogen and oxygen atoms in total. The van der Waals surface area contributed by atoms with Gasteiger partial charge in [0.1, 0.15) is 0 Å². The van der Waals surface area contributed by atoms with Gasteiger partial charge in [-0.3, -0.25) is 4.79 Å². The van der Waals surface area contributed by atoms with Crippen molar-refractivity contribution in [1.82, 2.24) is 0 Å². The monoisotopic (exact) mass is 187 g/mol. The Bertz CT molecular complexity index is 352. The van der Waals surface area contributed by atoms with Crippen LogP contribution in [0.2, 0.25) is 0 Å². The third kappa shape index (κ3) is 2.22. The molecular formula is C8H7F2NO2. The largest absolute Gasteiger partial charge is 0.480 e. The van der Waals surface area contributed by atoms with E-state index in [0.717, 1.165) is 0 Å². The van der Waals surface area contributed by atoms with Gasteiger partial charge < -0.3 is 10.8 Å². The highest BCUT2D eigenvalue weighted by Gasteiger charge is 2.22. The van der Waals surface area contributed by atoms with E-state index in [4.69, 9.17) is 5.11 Å². The first-order valence-electron chi connectivity index (χ1n) is 3.47. The second-order valence-corrected chi connectivity index (χ2v) is 2.42. The van der Waals surface area contributed by atoms with Gasteiger partial charge in [0.15, 0.2) is 11.6 Å². The van der Waals surface area contributed by atoms with Crippen LogP contribution in [-0.2, 0) is 4.79 Å². The van der Waals surface area contributed by atoms with Crippen LogP contribution in [0, 0.1) is 11.6 Å². The van der Waals surface area contributed by atoms with Crippen molar-refractivity contribution in [2.45, 2.75) is 0 Å². The molecule has 3 N–H and O–H groups in total. The summed E-state index contributed by atoms with van der Waals surface area (Å²) in [5, 5.41) is 7.60. The number of hydrogen-bond donors (Lipinski definition) is 2. The van der Waals surface area contributed by atoms with Crippen LogP contribution in [0.15, 0.2) is 12.1 Å². The molecule has 2 aliphatic rings. The number of rotatable bonds is 1. The average molecular weight is 187 g/mol. The van der Waals surface area contributed by atoms with Gasteiger partial charge in [0.2, 0.25) is 0 Å². The predicted molar refractivity (Wildman–Crippen MR) is 42.0 cm³/mol. The van der Waals surface area contributed by atoms with E-state index in [9.17, 15) is 13.6 Å². The number of aliphatic carboxylic acids is 1. The number of benzene rings is 1. The van der Waals surface area contributed by atoms with E-state index in [1.165, 1.54) is 6.07 Å². The zero-order valence-corrected chi connectivity index (χ0v) is 6.55. The molecule has 0 aliphatic heterocycles. The molecule has 0 aromatic heterocycles. The Labute approximate surface area is 72.8 Å². The summed E-state index contributed by atoms with van der Waals surface area (Å²) in [6.07, 6.45) is 0. The second-order valence-electron chi connectivity index (χ2n) is 2.42. The van der Waals surface area contributed by atoms with Crippen LogP contribution in [-0.4, -0.2) is 17.6 Å². The van der Waals surface area contributed by atoms with Crippen LogP contribution in [0.3, 0.4) is 0 Å². The van der Waals surface area contributed by atoms with Gasteiger partial charge in [-0.1, -0.05) is 0 Å². The number of nitrogens with two attached hydrogens (primary N) is 1. The van der Waals surface area contributed by atoms with Crippen LogP contribution in [0.4, 0.5) is 8.78 Å². The lowest BCUT2D eigenvalue weighted by Crippen LogP contribution is -2.10. The molecule has 0 amide bonds. The van der Waals surface area contributed by atoms with Gasteiger partial charge in [0.05, 0.1) is 6.54 Å². The molecule has 0 fully saturated rings. The molecule has 0 bridgehead atoms. The summed E-state index contributed by atoms with van der Waals surface area (Å²) in [7, 11) is 0. The summed E-state index contributed by atoms with van der Waals surface area (Å²) < 4.78 is 24.1. The summed E-state index contributed by atoms with van der Waals surface area (Å²) in [6.45, 7) is -0.278. The molecule has 0 aromatic carbocycles. The van der Waals surface area contributed by atoms with Crippen molar-refractivity contribution < 1.29 is 18.7 Å². The molecule has 0 unspecified atom stereocenters. The molecule has 0 radical (unpaired) electrons. The molecule has 5 heteroatoms. The number of hydrogen-bond acceptors (Lipinski definition) is 2. The summed E-state index contributed by atoms with van der Waals surface area (Å²) in [5.74, 6) is -2.39. The fourth-order valence-corrected chi connectivity index (χ4v) is 0.757. The minimum atomic E-state index is -0.968. The molecule has 0 aromatic rings. The normalized spacial score (nSPS) is 10.1.